The highest BCUT2D eigenvalue weighted by atomic mass is 16.5. The molecule has 0 atom stereocenters. The summed E-state index contributed by atoms with van der Waals surface area (Å²) in [6, 6.07) is 10.4. The van der Waals surface area contributed by atoms with Gasteiger partial charge in [-0.15, -0.1) is 0 Å². The van der Waals surface area contributed by atoms with Crippen LogP contribution in [0.15, 0.2) is 35.4 Å². The Bertz CT molecular complexity index is 838. The normalized spacial score (nSPS) is 17.1. The topological polar surface area (TPSA) is 78.3 Å². The molecule has 0 spiro atoms. The van der Waals surface area contributed by atoms with E-state index in [1.807, 2.05) is 12.3 Å². The number of hydrazone groups is 1. The molecule has 9 heteroatoms. The summed E-state index contributed by atoms with van der Waals surface area (Å²) in [7, 11) is 0. The maximum Gasteiger partial charge on any atom is 0.229 e. The van der Waals surface area contributed by atoms with Crippen LogP contribution in [-0.4, -0.2) is 81.9 Å². The smallest absolute Gasteiger partial charge is 0.229 e. The fraction of sp³-hybridized carbons (Fsp3) is 0.522. The maximum absolute atomic E-state index is 5.50. The first-order valence-electron chi connectivity index (χ1n) is 11.5. The highest BCUT2D eigenvalue weighted by Gasteiger charge is 2.19. The lowest BCUT2D eigenvalue weighted by atomic mass is 10.2. The predicted molar refractivity (Wildman–Crippen MR) is 129 cm³/mol. The van der Waals surface area contributed by atoms with Gasteiger partial charge < -0.3 is 24.2 Å². The minimum Gasteiger partial charge on any atom is -0.378 e. The lowest BCUT2D eigenvalue weighted by Gasteiger charge is -2.31. The van der Waals surface area contributed by atoms with Gasteiger partial charge >= 0.3 is 0 Å². The summed E-state index contributed by atoms with van der Waals surface area (Å²) in [5, 5.41) is 4.43. The van der Waals surface area contributed by atoms with Crippen molar-refractivity contribution in [2.75, 3.05) is 85.8 Å². The fourth-order valence-corrected chi connectivity index (χ4v) is 3.87. The van der Waals surface area contributed by atoms with Crippen molar-refractivity contribution in [3.05, 3.63) is 35.9 Å². The van der Waals surface area contributed by atoms with Gasteiger partial charge in [0.25, 0.3) is 0 Å². The lowest BCUT2D eigenvalue weighted by molar-refractivity contribution is 0.121. The molecule has 0 bridgehead atoms. The van der Waals surface area contributed by atoms with Crippen molar-refractivity contribution >= 4 is 29.5 Å². The molecule has 2 aromatic rings. The Balaban J connectivity index is 1.49. The number of morpholine rings is 2. The van der Waals surface area contributed by atoms with E-state index in [1.165, 1.54) is 5.69 Å². The molecule has 0 unspecified atom stereocenters. The number of hydrogen-bond acceptors (Lipinski definition) is 9. The van der Waals surface area contributed by atoms with Crippen LogP contribution < -0.4 is 20.1 Å². The van der Waals surface area contributed by atoms with Gasteiger partial charge in [-0.1, -0.05) is 12.1 Å². The van der Waals surface area contributed by atoms with Crippen LogP contribution in [0.5, 0.6) is 0 Å². The number of nitrogens with one attached hydrogen (secondary N) is 1. The van der Waals surface area contributed by atoms with Crippen molar-refractivity contribution in [3.63, 3.8) is 0 Å². The lowest BCUT2D eigenvalue weighted by Crippen LogP contribution is -2.39. The van der Waals surface area contributed by atoms with E-state index in [0.717, 1.165) is 50.6 Å². The van der Waals surface area contributed by atoms with Gasteiger partial charge in [-0.05, 0) is 31.5 Å². The van der Waals surface area contributed by atoms with Crippen molar-refractivity contribution in [2.45, 2.75) is 13.8 Å². The minimum absolute atomic E-state index is 0.680. The van der Waals surface area contributed by atoms with Crippen LogP contribution in [0.1, 0.15) is 19.4 Å². The molecule has 1 aromatic carbocycles. The van der Waals surface area contributed by atoms with Crippen LogP contribution >= 0.6 is 0 Å². The fourth-order valence-electron chi connectivity index (χ4n) is 3.87. The number of rotatable bonds is 8. The summed E-state index contributed by atoms with van der Waals surface area (Å²) in [6.45, 7) is 12.3. The molecule has 0 saturated carbocycles. The van der Waals surface area contributed by atoms with E-state index >= 15 is 0 Å². The van der Waals surface area contributed by atoms with Gasteiger partial charge in [0.1, 0.15) is 5.82 Å². The molecule has 32 heavy (non-hydrogen) atoms. The Morgan fingerprint density at radius 2 is 1.56 bits per heavy atom. The summed E-state index contributed by atoms with van der Waals surface area (Å²) < 4.78 is 11.0. The van der Waals surface area contributed by atoms with Gasteiger partial charge in [0.05, 0.1) is 32.6 Å². The van der Waals surface area contributed by atoms with Crippen LogP contribution in [0.25, 0.3) is 0 Å². The van der Waals surface area contributed by atoms with Crippen molar-refractivity contribution in [2.24, 2.45) is 5.10 Å². The van der Waals surface area contributed by atoms with E-state index in [0.29, 0.717) is 38.2 Å². The van der Waals surface area contributed by atoms with Gasteiger partial charge in [-0.3, -0.25) is 5.43 Å². The molecule has 2 aliphatic heterocycles. The van der Waals surface area contributed by atoms with E-state index in [-0.39, 0.29) is 0 Å². The Kier molecular flexibility index (Phi) is 7.73. The highest BCUT2D eigenvalue weighted by Crippen LogP contribution is 2.22. The zero-order valence-electron chi connectivity index (χ0n) is 19.0. The summed E-state index contributed by atoms with van der Waals surface area (Å²) in [4.78, 5) is 16.2. The second-order valence-electron chi connectivity index (χ2n) is 7.74. The summed E-state index contributed by atoms with van der Waals surface area (Å²) in [6.07, 6.45) is 1.82. The number of anilines is 4. The number of benzene rings is 1. The average Bonchev–Trinajstić information content (AvgIpc) is 2.86. The second kappa shape index (κ2) is 11.1. The summed E-state index contributed by atoms with van der Waals surface area (Å²) in [5.74, 6) is 2.28. The average molecular weight is 440 g/mol. The Labute approximate surface area is 190 Å². The molecule has 2 saturated heterocycles. The van der Waals surface area contributed by atoms with E-state index in [1.54, 1.807) is 0 Å². The van der Waals surface area contributed by atoms with E-state index in [2.05, 4.69) is 63.3 Å². The van der Waals surface area contributed by atoms with Gasteiger partial charge in [0.15, 0.2) is 5.82 Å². The third-order valence-electron chi connectivity index (χ3n) is 5.74. The van der Waals surface area contributed by atoms with Gasteiger partial charge in [0.2, 0.25) is 5.95 Å². The first-order chi connectivity index (χ1) is 15.8. The van der Waals surface area contributed by atoms with Gasteiger partial charge in [-0.25, -0.2) is 0 Å². The largest absolute Gasteiger partial charge is 0.378 e. The van der Waals surface area contributed by atoms with Crippen LogP contribution in [0, 0.1) is 0 Å². The summed E-state index contributed by atoms with van der Waals surface area (Å²) >= 11 is 0. The molecule has 4 rings (SSSR count). The van der Waals surface area contributed by atoms with Crippen LogP contribution in [-0.2, 0) is 9.47 Å². The predicted octanol–water partition coefficient (Wildman–Crippen LogP) is 2.44. The molecule has 172 valence electrons. The zero-order valence-corrected chi connectivity index (χ0v) is 19.0. The van der Waals surface area contributed by atoms with Crippen molar-refractivity contribution in [3.8, 4) is 0 Å². The van der Waals surface area contributed by atoms with E-state index < -0.39 is 0 Å². The number of nitrogens with zero attached hydrogens (tertiary/aromatic N) is 6. The highest BCUT2D eigenvalue weighted by molar-refractivity contribution is 5.81. The Morgan fingerprint density at radius 1 is 0.938 bits per heavy atom. The quantitative estimate of drug-likeness (QED) is 0.496. The Hall–Kier alpha value is -2.91. The molecule has 9 nitrogen and oxygen atoms in total. The molecular weight excluding hydrogens is 406 g/mol. The monoisotopic (exact) mass is 439 g/mol. The zero-order chi connectivity index (χ0) is 22.2. The van der Waals surface area contributed by atoms with Crippen molar-refractivity contribution in [1.82, 2.24) is 9.97 Å². The van der Waals surface area contributed by atoms with Crippen LogP contribution in [0.3, 0.4) is 0 Å². The van der Waals surface area contributed by atoms with Crippen molar-refractivity contribution in [1.29, 1.82) is 0 Å². The van der Waals surface area contributed by atoms with E-state index in [9.17, 15) is 0 Å². The molecule has 0 radical (unpaired) electrons. The molecule has 2 aliphatic rings. The molecular formula is C23H33N7O2. The second-order valence-corrected chi connectivity index (χ2v) is 7.74. The molecule has 3 heterocycles. The number of aromatic nitrogens is 2. The first kappa shape index (κ1) is 22.3. The summed E-state index contributed by atoms with van der Waals surface area (Å²) in [5.41, 5.74) is 5.36. The van der Waals surface area contributed by atoms with Crippen molar-refractivity contribution < 1.29 is 9.47 Å². The maximum atomic E-state index is 5.50. The number of hydrogen-bond donors (Lipinski definition) is 1. The molecule has 0 aliphatic carbocycles. The minimum atomic E-state index is 0.680. The molecule has 1 aromatic heterocycles. The third kappa shape index (κ3) is 5.66. The van der Waals surface area contributed by atoms with E-state index in [4.69, 9.17) is 19.4 Å². The van der Waals surface area contributed by atoms with Crippen LogP contribution in [0.4, 0.5) is 23.3 Å². The third-order valence-corrected chi connectivity index (χ3v) is 5.74. The number of ether oxygens (including phenoxy) is 2. The molecule has 0 amide bonds. The standard InChI is InChI=1S/C23H33N7O2/c1-3-28(4-2)20-7-5-19(6-8-20)18-24-27-21-17-22(29-9-13-31-14-10-29)26-23(25-21)30-11-15-32-16-12-30/h5-8,17-18H,3-4,9-16H2,1-2H3,(H,25,26,27)/b24-18-. The molecule has 2 fully saturated rings. The first-order valence-corrected chi connectivity index (χ1v) is 11.5. The van der Waals surface area contributed by atoms with Gasteiger partial charge in [0, 0.05) is 51.0 Å². The SMILES string of the molecule is CCN(CC)c1ccc(/C=N\Nc2cc(N3CCOCC3)nc(N3CCOCC3)n2)cc1. The van der Waals surface area contributed by atoms with Crippen LogP contribution in [0.2, 0.25) is 0 Å². The Morgan fingerprint density at radius 3 is 2.19 bits per heavy atom. The molecule has 1 N–H and O–H groups in total. The van der Waals surface area contributed by atoms with Gasteiger partial charge in [-0.2, -0.15) is 15.1 Å².